The molecule has 9 heteroatoms. The van der Waals surface area contributed by atoms with Gasteiger partial charge in [-0.05, 0) is 36.8 Å². The van der Waals surface area contributed by atoms with Crippen LogP contribution in [0, 0.1) is 0 Å². The van der Waals surface area contributed by atoms with Crippen LogP contribution in [0.2, 0.25) is 0 Å². The van der Waals surface area contributed by atoms with Crippen LogP contribution in [0.5, 0.6) is 5.75 Å². The highest BCUT2D eigenvalue weighted by Gasteiger charge is 2.36. The van der Waals surface area contributed by atoms with Gasteiger partial charge >= 0.3 is 11.9 Å². The number of carbonyl (C=O) groups is 3. The summed E-state index contributed by atoms with van der Waals surface area (Å²) in [6, 6.07) is 13.4. The van der Waals surface area contributed by atoms with Gasteiger partial charge < -0.3 is 19.5 Å². The van der Waals surface area contributed by atoms with Crippen LogP contribution in [-0.2, 0) is 25.6 Å². The van der Waals surface area contributed by atoms with Gasteiger partial charge in [-0.3, -0.25) is 9.80 Å². The molecule has 0 spiro atoms. The largest absolute Gasteiger partial charge is 0.496 e. The number of benzene rings is 2. The topological polar surface area (TPSA) is 107 Å². The molecule has 0 aromatic heterocycles. The van der Waals surface area contributed by atoms with Crippen molar-refractivity contribution in [1.82, 2.24) is 5.32 Å². The van der Waals surface area contributed by atoms with Crippen molar-refractivity contribution < 1.29 is 28.6 Å². The van der Waals surface area contributed by atoms with Gasteiger partial charge in [0.15, 0.2) is 0 Å². The minimum Gasteiger partial charge on any atom is -0.496 e. The van der Waals surface area contributed by atoms with Gasteiger partial charge in [0.1, 0.15) is 23.1 Å². The van der Waals surface area contributed by atoms with Crippen LogP contribution in [0.3, 0.4) is 0 Å². The maximum atomic E-state index is 13.0. The molecule has 2 aromatic carbocycles. The lowest BCUT2D eigenvalue weighted by molar-refractivity contribution is -0.135. The van der Waals surface area contributed by atoms with E-state index in [1.807, 2.05) is 30.3 Å². The number of nitrogens with zero attached hydrogens (tertiary/aromatic N) is 2. The van der Waals surface area contributed by atoms with Crippen LogP contribution in [0.4, 0.5) is 5.69 Å². The molecule has 1 heterocycles. The molecule has 3 rings (SSSR count). The SMILES string of the molecule is CCOC(=O)C1=NN(c2ccccc2)C(C(=O)NCc2ccc(OC)c(C(=O)OC)c2)C1. The van der Waals surface area contributed by atoms with Gasteiger partial charge in [-0.1, -0.05) is 24.3 Å². The van der Waals surface area contributed by atoms with E-state index in [4.69, 9.17) is 14.2 Å². The van der Waals surface area contributed by atoms with Crippen molar-refractivity contribution in [2.45, 2.75) is 25.9 Å². The Hall–Kier alpha value is -3.88. The third kappa shape index (κ3) is 5.05. The van der Waals surface area contributed by atoms with E-state index in [2.05, 4.69) is 10.4 Å². The van der Waals surface area contributed by atoms with Gasteiger partial charge in [0.25, 0.3) is 0 Å². The lowest BCUT2D eigenvalue weighted by atomic mass is 10.1. The summed E-state index contributed by atoms with van der Waals surface area (Å²) in [6.07, 6.45) is 0.121. The van der Waals surface area contributed by atoms with Gasteiger partial charge in [-0.2, -0.15) is 5.10 Å². The van der Waals surface area contributed by atoms with E-state index < -0.39 is 18.0 Å². The van der Waals surface area contributed by atoms with Crippen molar-refractivity contribution in [3.05, 3.63) is 59.7 Å². The maximum Gasteiger partial charge on any atom is 0.354 e. The summed E-state index contributed by atoms with van der Waals surface area (Å²) in [5, 5.41) is 8.72. The second kappa shape index (κ2) is 10.4. The number of ether oxygens (including phenoxy) is 3. The average molecular weight is 439 g/mol. The summed E-state index contributed by atoms with van der Waals surface area (Å²) < 4.78 is 15.0. The third-order valence-corrected chi connectivity index (χ3v) is 4.88. The fourth-order valence-corrected chi connectivity index (χ4v) is 3.31. The Morgan fingerprint density at radius 1 is 1.09 bits per heavy atom. The first-order valence-corrected chi connectivity index (χ1v) is 10.1. The average Bonchev–Trinajstić information content (AvgIpc) is 3.28. The molecule has 1 aliphatic rings. The summed E-state index contributed by atoms with van der Waals surface area (Å²) in [7, 11) is 2.75. The lowest BCUT2D eigenvalue weighted by Crippen LogP contribution is -2.42. The van der Waals surface area contributed by atoms with E-state index in [9.17, 15) is 14.4 Å². The third-order valence-electron chi connectivity index (χ3n) is 4.88. The number of hydrazone groups is 1. The van der Waals surface area contributed by atoms with E-state index in [0.717, 1.165) is 0 Å². The molecule has 0 bridgehead atoms. The zero-order chi connectivity index (χ0) is 23.1. The first-order valence-electron chi connectivity index (χ1n) is 10.1. The molecule has 0 radical (unpaired) electrons. The summed E-state index contributed by atoms with van der Waals surface area (Å²) in [5.41, 5.74) is 1.83. The predicted octanol–water partition coefficient (Wildman–Crippen LogP) is 2.30. The highest BCUT2D eigenvalue weighted by atomic mass is 16.5. The number of carbonyl (C=O) groups excluding carboxylic acids is 3. The highest BCUT2D eigenvalue weighted by molar-refractivity contribution is 6.38. The van der Waals surface area contributed by atoms with Crippen molar-refractivity contribution in [2.24, 2.45) is 5.10 Å². The maximum absolute atomic E-state index is 13.0. The number of hydrogen-bond donors (Lipinski definition) is 1. The van der Waals surface area contributed by atoms with Crippen LogP contribution in [0.25, 0.3) is 0 Å². The molecule has 1 atom stereocenters. The van der Waals surface area contributed by atoms with Gasteiger partial charge in [0, 0.05) is 13.0 Å². The molecule has 0 saturated heterocycles. The Kier molecular flexibility index (Phi) is 7.43. The second-order valence-electron chi connectivity index (χ2n) is 6.91. The van der Waals surface area contributed by atoms with Crippen molar-refractivity contribution in [3.63, 3.8) is 0 Å². The number of nitrogens with one attached hydrogen (secondary N) is 1. The van der Waals surface area contributed by atoms with Crippen LogP contribution in [-0.4, -0.2) is 50.4 Å². The Morgan fingerprint density at radius 3 is 2.50 bits per heavy atom. The smallest absolute Gasteiger partial charge is 0.354 e. The molecule has 1 amide bonds. The molecule has 168 valence electrons. The monoisotopic (exact) mass is 439 g/mol. The van der Waals surface area contributed by atoms with Gasteiger partial charge in [0.2, 0.25) is 5.91 Å². The van der Waals surface area contributed by atoms with Crippen LogP contribution in [0.1, 0.15) is 29.3 Å². The van der Waals surface area contributed by atoms with E-state index >= 15 is 0 Å². The van der Waals surface area contributed by atoms with Crippen molar-refractivity contribution in [3.8, 4) is 5.75 Å². The van der Waals surface area contributed by atoms with E-state index in [1.165, 1.54) is 19.2 Å². The van der Waals surface area contributed by atoms with Gasteiger partial charge in [-0.25, -0.2) is 9.59 Å². The van der Waals surface area contributed by atoms with Crippen LogP contribution in [0.15, 0.2) is 53.6 Å². The molecular weight excluding hydrogens is 414 g/mol. The quantitative estimate of drug-likeness (QED) is 0.629. The minimum atomic E-state index is -0.713. The molecular formula is C23H25N3O6. The molecule has 0 aliphatic carbocycles. The molecule has 1 unspecified atom stereocenters. The zero-order valence-electron chi connectivity index (χ0n) is 18.2. The molecule has 1 N–H and O–H groups in total. The van der Waals surface area contributed by atoms with E-state index in [1.54, 1.807) is 25.1 Å². The summed E-state index contributed by atoms with van der Waals surface area (Å²) >= 11 is 0. The molecule has 2 aromatic rings. The van der Waals surface area contributed by atoms with E-state index in [0.29, 0.717) is 17.0 Å². The van der Waals surface area contributed by atoms with Crippen molar-refractivity contribution >= 4 is 29.2 Å². The fourth-order valence-electron chi connectivity index (χ4n) is 3.31. The first kappa shape index (κ1) is 22.8. The number of rotatable bonds is 8. The van der Waals surface area contributed by atoms with Crippen LogP contribution >= 0.6 is 0 Å². The highest BCUT2D eigenvalue weighted by Crippen LogP contribution is 2.25. The molecule has 1 aliphatic heterocycles. The normalized spacial score (nSPS) is 15.0. The molecule has 9 nitrogen and oxygen atoms in total. The Balaban J connectivity index is 1.76. The molecule has 0 saturated carbocycles. The Morgan fingerprint density at radius 2 is 1.84 bits per heavy atom. The number of para-hydroxylation sites is 1. The number of esters is 2. The van der Waals surface area contributed by atoms with Gasteiger partial charge in [-0.15, -0.1) is 0 Å². The first-order chi connectivity index (χ1) is 15.5. The fraction of sp³-hybridized carbons (Fsp3) is 0.304. The van der Waals surface area contributed by atoms with Crippen molar-refractivity contribution in [2.75, 3.05) is 25.8 Å². The number of amides is 1. The standard InChI is InChI=1S/C23H25N3O6/c1-4-32-23(29)18-13-19(26(25-18)16-8-6-5-7-9-16)21(27)24-14-15-10-11-20(30-2)17(12-15)22(28)31-3/h5-12,19H,4,13-14H2,1-3H3,(H,24,27). The second-order valence-corrected chi connectivity index (χ2v) is 6.91. The van der Waals surface area contributed by atoms with Crippen LogP contribution < -0.4 is 15.1 Å². The number of methoxy groups -OCH3 is 2. The predicted molar refractivity (Wildman–Crippen MR) is 118 cm³/mol. The molecule has 0 fully saturated rings. The Bertz CT molecular complexity index is 1020. The minimum absolute atomic E-state index is 0.121. The number of anilines is 1. The summed E-state index contributed by atoms with van der Waals surface area (Å²) in [5.74, 6) is -1.01. The van der Waals surface area contributed by atoms with E-state index in [-0.39, 0.29) is 36.8 Å². The summed E-state index contributed by atoms with van der Waals surface area (Å²) in [4.78, 5) is 37.2. The van der Waals surface area contributed by atoms with Crippen molar-refractivity contribution in [1.29, 1.82) is 0 Å². The Labute approximate surface area is 185 Å². The van der Waals surface area contributed by atoms with Gasteiger partial charge in [0.05, 0.1) is 26.5 Å². The lowest BCUT2D eigenvalue weighted by Gasteiger charge is -2.22. The zero-order valence-corrected chi connectivity index (χ0v) is 18.2. The summed E-state index contributed by atoms with van der Waals surface area (Å²) in [6.45, 7) is 2.10. The molecule has 32 heavy (non-hydrogen) atoms. The number of hydrogen-bond acceptors (Lipinski definition) is 8.